The molecule has 0 unspecified atom stereocenters. The van der Waals surface area contributed by atoms with Gasteiger partial charge < -0.3 is 10.6 Å². The Labute approximate surface area is 91.5 Å². The fraction of sp³-hybridized carbons (Fsp3) is 0.636. The van der Waals surface area contributed by atoms with Gasteiger partial charge in [-0.25, -0.2) is 9.97 Å². The van der Waals surface area contributed by atoms with Crippen LogP contribution in [0.2, 0.25) is 0 Å². The van der Waals surface area contributed by atoms with Crippen molar-refractivity contribution in [2.24, 2.45) is 5.73 Å². The number of aryl methyl sites for hydroxylation is 2. The van der Waals surface area contributed by atoms with Crippen molar-refractivity contribution in [1.29, 1.82) is 0 Å². The van der Waals surface area contributed by atoms with Crippen LogP contribution in [-0.2, 0) is 0 Å². The summed E-state index contributed by atoms with van der Waals surface area (Å²) < 4.78 is 0. The Balaban J connectivity index is 2.88. The van der Waals surface area contributed by atoms with Crippen molar-refractivity contribution in [3.05, 3.63) is 17.6 Å². The Morgan fingerprint density at radius 2 is 2.00 bits per heavy atom. The maximum Gasteiger partial charge on any atom is 0.132 e. The van der Waals surface area contributed by atoms with Crippen molar-refractivity contribution in [3.63, 3.8) is 0 Å². The summed E-state index contributed by atoms with van der Waals surface area (Å²) >= 11 is 0. The van der Waals surface area contributed by atoms with Crippen LogP contribution in [0.3, 0.4) is 0 Å². The molecule has 15 heavy (non-hydrogen) atoms. The molecule has 0 fully saturated rings. The molecular formula is C11H20N4. The molecule has 0 aliphatic heterocycles. The van der Waals surface area contributed by atoms with Gasteiger partial charge in [0.1, 0.15) is 11.6 Å². The normalized spacial score (nSPS) is 10.4. The number of hydrogen-bond acceptors (Lipinski definition) is 4. The molecule has 2 N–H and O–H groups in total. The van der Waals surface area contributed by atoms with Gasteiger partial charge in [-0.05, 0) is 20.3 Å². The summed E-state index contributed by atoms with van der Waals surface area (Å²) in [5.74, 6) is 1.82. The van der Waals surface area contributed by atoms with Gasteiger partial charge >= 0.3 is 0 Å². The van der Waals surface area contributed by atoms with Crippen LogP contribution in [-0.4, -0.2) is 29.6 Å². The zero-order valence-corrected chi connectivity index (χ0v) is 9.82. The molecule has 4 nitrogen and oxygen atoms in total. The fourth-order valence-corrected chi connectivity index (χ4v) is 1.63. The van der Waals surface area contributed by atoms with E-state index in [1.165, 1.54) is 0 Å². The number of hydrogen-bond donors (Lipinski definition) is 1. The third-order valence-electron chi connectivity index (χ3n) is 2.17. The minimum Gasteiger partial charge on any atom is -0.355 e. The summed E-state index contributed by atoms with van der Waals surface area (Å²) in [6, 6.07) is 2.01. The van der Waals surface area contributed by atoms with Gasteiger partial charge in [-0.1, -0.05) is 6.92 Å². The van der Waals surface area contributed by atoms with Gasteiger partial charge in [-0.15, -0.1) is 0 Å². The minimum absolute atomic E-state index is 0.655. The molecular weight excluding hydrogens is 188 g/mol. The van der Waals surface area contributed by atoms with E-state index in [0.29, 0.717) is 6.54 Å². The molecule has 4 heteroatoms. The van der Waals surface area contributed by atoms with Crippen molar-refractivity contribution >= 4 is 5.82 Å². The topological polar surface area (TPSA) is 55.0 Å². The van der Waals surface area contributed by atoms with Crippen LogP contribution in [0.5, 0.6) is 0 Å². The number of nitrogens with two attached hydrogens (primary N) is 1. The number of aromatic nitrogens is 2. The largest absolute Gasteiger partial charge is 0.355 e. The average Bonchev–Trinajstić information content (AvgIpc) is 2.16. The van der Waals surface area contributed by atoms with E-state index < -0.39 is 0 Å². The Morgan fingerprint density at radius 1 is 1.27 bits per heavy atom. The molecule has 0 spiro atoms. The van der Waals surface area contributed by atoms with E-state index in [2.05, 4.69) is 21.8 Å². The van der Waals surface area contributed by atoms with E-state index >= 15 is 0 Å². The minimum atomic E-state index is 0.655. The zero-order valence-electron chi connectivity index (χ0n) is 9.82. The smallest absolute Gasteiger partial charge is 0.132 e. The number of rotatable bonds is 5. The highest BCUT2D eigenvalue weighted by molar-refractivity contribution is 5.39. The molecule has 0 aliphatic rings. The third-order valence-corrected chi connectivity index (χ3v) is 2.17. The van der Waals surface area contributed by atoms with Crippen molar-refractivity contribution in [3.8, 4) is 0 Å². The van der Waals surface area contributed by atoms with E-state index in [1.807, 2.05) is 19.9 Å². The standard InChI is InChI=1S/C11H20N4/c1-4-6-15(7-5-12)11-8-9(2)13-10(3)14-11/h8H,4-7,12H2,1-3H3. The molecule has 1 heterocycles. The summed E-state index contributed by atoms with van der Waals surface area (Å²) in [6.07, 6.45) is 1.10. The highest BCUT2D eigenvalue weighted by Crippen LogP contribution is 2.12. The molecule has 84 valence electrons. The predicted molar refractivity (Wildman–Crippen MR) is 63.1 cm³/mol. The lowest BCUT2D eigenvalue weighted by molar-refractivity contribution is 0.745. The molecule has 0 saturated carbocycles. The van der Waals surface area contributed by atoms with Crippen LogP contribution in [0, 0.1) is 13.8 Å². The molecule has 1 rings (SSSR count). The first-order valence-corrected chi connectivity index (χ1v) is 5.44. The quantitative estimate of drug-likeness (QED) is 0.791. The molecule has 0 saturated heterocycles. The van der Waals surface area contributed by atoms with Crippen molar-refractivity contribution < 1.29 is 0 Å². The van der Waals surface area contributed by atoms with E-state index in [0.717, 1.165) is 36.8 Å². The lowest BCUT2D eigenvalue weighted by Gasteiger charge is -2.22. The van der Waals surface area contributed by atoms with E-state index in [9.17, 15) is 0 Å². The van der Waals surface area contributed by atoms with Gasteiger partial charge in [0.25, 0.3) is 0 Å². The first-order chi connectivity index (χ1) is 7.17. The van der Waals surface area contributed by atoms with Crippen molar-refractivity contribution in [2.45, 2.75) is 27.2 Å². The molecule has 1 aromatic heterocycles. The average molecular weight is 208 g/mol. The molecule has 0 radical (unpaired) electrons. The van der Waals surface area contributed by atoms with E-state index in [-0.39, 0.29) is 0 Å². The van der Waals surface area contributed by atoms with Crippen LogP contribution in [0.15, 0.2) is 6.07 Å². The summed E-state index contributed by atoms with van der Waals surface area (Å²) in [4.78, 5) is 10.9. The van der Waals surface area contributed by atoms with Gasteiger partial charge in [0.05, 0.1) is 0 Å². The van der Waals surface area contributed by atoms with Gasteiger partial charge in [-0.3, -0.25) is 0 Å². The molecule has 0 aliphatic carbocycles. The second-order valence-electron chi connectivity index (χ2n) is 3.69. The van der Waals surface area contributed by atoms with Crippen LogP contribution in [0.4, 0.5) is 5.82 Å². The Hall–Kier alpha value is -1.16. The Morgan fingerprint density at radius 3 is 2.53 bits per heavy atom. The van der Waals surface area contributed by atoms with Gasteiger partial charge in [-0.2, -0.15) is 0 Å². The summed E-state index contributed by atoms with van der Waals surface area (Å²) in [7, 11) is 0. The fourth-order valence-electron chi connectivity index (χ4n) is 1.63. The Kier molecular flexibility index (Phi) is 4.49. The summed E-state index contributed by atoms with van der Waals surface area (Å²) in [6.45, 7) is 8.57. The van der Waals surface area contributed by atoms with Crippen molar-refractivity contribution in [2.75, 3.05) is 24.5 Å². The lowest BCUT2D eigenvalue weighted by atomic mass is 10.3. The van der Waals surface area contributed by atoms with Gasteiger partial charge in [0, 0.05) is 31.4 Å². The number of nitrogens with zero attached hydrogens (tertiary/aromatic N) is 3. The van der Waals surface area contributed by atoms with Gasteiger partial charge in [0.15, 0.2) is 0 Å². The van der Waals surface area contributed by atoms with Crippen molar-refractivity contribution in [1.82, 2.24) is 9.97 Å². The second kappa shape index (κ2) is 5.66. The predicted octanol–water partition coefficient (Wildman–Crippen LogP) is 1.27. The maximum atomic E-state index is 5.59. The number of anilines is 1. The SMILES string of the molecule is CCCN(CCN)c1cc(C)nc(C)n1. The molecule has 0 aromatic carbocycles. The van der Waals surface area contributed by atoms with Gasteiger partial charge in [0.2, 0.25) is 0 Å². The highest BCUT2D eigenvalue weighted by atomic mass is 15.2. The van der Waals surface area contributed by atoms with E-state index in [4.69, 9.17) is 5.73 Å². The molecule has 0 amide bonds. The zero-order chi connectivity index (χ0) is 11.3. The highest BCUT2D eigenvalue weighted by Gasteiger charge is 2.07. The maximum absolute atomic E-state index is 5.59. The second-order valence-corrected chi connectivity index (χ2v) is 3.69. The summed E-state index contributed by atoms with van der Waals surface area (Å²) in [5.41, 5.74) is 6.60. The monoisotopic (exact) mass is 208 g/mol. The van der Waals surface area contributed by atoms with Crippen LogP contribution in [0.25, 0.3) is 0 Å². The lowest BCUT2D eigenvalue weighted by Crippen LogP contribution is -2.31. The first-order valence-electron chi connectivity index (χ1n) is 5.44. The van der Waals surface area contributed by atoms with Crippen LogP contribution < -0.4 is 10.6 Å². The third kappa shape index (κ3) is 3.47. The molecule has 1 aromatic rings. The Bertz CT molecular complexity index is 285. The van der Waals surface area contributed by atoms with Crippen LogP contribution in [0.1, 0.15) is 24.9 Å². The molecule has 0 bridgehead atoms. The van der Waals surface area contributed by atoms with Crippen LogP contribution >= 0.6 is 0 Å². The van der Waals surface area contributed by atoms with E-state index in [1.54, 1.807) is 0 Å². The first kappa shape index (κ1) is 11.9. The summed E-state index contributed by atoms with van der Waals surface area (Å²) in [5, 5.41) is 0. The molecule has 0 atom stereocenters.